The molecule has 68 valence electrons. The van der Waals surface area contributed by atoms with E-state index in [1.165, 1.54) is 25.7 Å². The van der Waals surface area contributed by atoms with E-state index in [1.54, 1.807) is 0 Å². The highest BCUT2D eigenvalue weighted by molar-refractivity contribution is 5.82. The number of hydrogen-bond donors (Lipinski definition) is 2. The summed E-state index contributed by atoms with van der Waals surface area (Å²) < 4.78 is 0. The minimum Gasteiger partial charge on any atom is -0.352 e. The van der Waals surface area contributed by atoms with E-state index in [-0.39, 0.29) is 11.9 Å². The summed E-state index contributed by atoms with van der Waals surface area (Å²) in [6.07, 6.45) is 5.78. The van der Waals surface area contributed by atoms with Gasteiger partial charge in [-0.15, -0.1) is 0 Å². The fourth-order valence-corrected chi connectivity index (χ4v) is 1.61. The van der Waals surface area contributed by atoms with Crippen LogP contribution in [0.25, 0.3) is 0 Å². The van der Waals surface area contributed by atoms with E-state index >= 15 is 0 Å². The van der Waals surface area contributed by atoms with Crippen LogP contribution in [0.5, 0.6) is 0 Å². The Balaban J connectivity index is 1.76. The van der Waals surface area contributed by atoms with Crippen molar-refractivity contribution in [3.63, 3.8) is 0 Å². The molecule has 0 spiro atoms. The van der Waals surface area contributed by atoms with Crippen molar-refractivity contribution in [2.45, 2.75) is 44.2 Å². The summed E-state index contributed by atoms with van der Waals surface area (Å²) in [5.41, 5.74) is 0. The maximum Gasteiger partial charge on any atom is 0.237 e. The van der Waals surface area contributed by atoms with Crippen LogP contribution in [0.2, 0.25) is 0 Å². The lowest BCUT2D eigenvalue weighted by atomic mass is 10.0. The van der Waals surface area contributed by atoms with Gasteiger partial charge >= 0.3 is 0 Å². The molecule has 0 unspecified atom stereocenters. The van der Waals surface area contributed by atoms with E-state index in [9.17, 15) is 4.79 Å². The maximum atomic E-state index is 11.5. The molecule has 0 bridgehead atoms. The molecule has 2 N–H and O–H groups in total. The number of piperidine rings is 1. The second-order valence-corrected chi connectivity index (χ2v) is 3.79. The zero-order valence-corrected chi connectivity index (χ0v) is 7.31. The minimum absolute atomic E-state index is 0.0966. The Labute approximate surface area is 72.9 Å². The van der Waals surface area contributed by atoms with E-state index in [0.29, 0.717) is 6.04 Å². The van der Waals surface area contributed by atoms with Crippen molar-refractivity contribution in [1.29, 1.82) is 0 Å². The second-order valence-electron chi connectivity index (χ2n) is 3.79. The van der Waals surface area contributed by atoms with Gasteiger partial charge in [0.05, 0.1) is 6.04 Å². The molecule has 2 rings (SSSR count). The summed E-state index contributed by atoms with van der Waals surface area (Å²) in [5, 5.41) is 6.26. The molecule has 1 aliphatic carbocycles. The van der Waals surface area contributed by atoms with Crippen molar-refractivity contribution in [2.24, 2.45) is 0 Å². The Morgan fingerprint density at radius 2 is 2.08 bits per heavy atom. The van der Waals surface area contributed by atoms with Crippen LogP contribution in [0.3, 0.4) is 0 Å². The lowest BCUT2D eigenvalue weighted by molar-refractivity contribution is -0.123. The molecular weight excluding hydrogens is 152 g/mol. The highest BCUT2D eigenvalue weighted by atomic mass is 16.2. The van der Waals surface area contributed by atoms with Gasteiger partial charge < -0.3 is 10.6 Å². The average molecular weight is 168 g/mol. The Morgan fingerprint density at radius 3 is 2.67 bits per heavy atom. The van der Waals surface area contributed by atoms with Crippen molar-refractivity contribution < 1.29 is 4.79 Å². The Bertz CT molecular complexity index is 171. The van der Waals surface area contributed by atoms with E-state index in [0.717, 1.165) is 13.0 Å². The molecule has 1 aliphatic heterocycles. The summed E-state index contributed by atoms with van der Waals surface area (Å²) in [5.74, 6) is 0.220. The second kappa shape index (κ2) is 3.44. The maximum absolute atomic E-state index is 11.5. The summed E-state index contributed by atoms with van der Waals surface area (Å²) >= 11 is 0. The van der Waals surface area contributed by atoms with Crippen molar-refractivity contribution in [1.82, 2.24) is 10.6 Å². The summed E-state index contributed by atoms with van der Waals surface area (Å²) in [4.78, 5) is 11.5. The third-order valence-electron chi connectivity index (χ3n) is 2.55. The van der Waals surface area contributed by atoms with Gasteiger partial charge in [0.15, 0.2) is 0 Å². The molecule has 3 nitrogen and oxygen atoms in total. The standard InChI is InChI=1S/C9H16N2O/c12-9(11-7-4-5-7)8-3-1-2-6-10-8/h7-8,10H,1-6H2,(H,11,12)/t8-/m0/s1. The van der Waals surface area contributed by atoms with E-state index in [4.69, 9.17) is 0 Å². The van der Waals surface area contributed by atoms with Crippen LogP contribution in [-0.2, 0) is 4.79 Å². The molecule has 0 aromatic heterocycles. The summed E-state index contributed by atoms with van der Waals surface area (Å²) in [6.45, 7) is 1.00. The van der Waals surface area contributed by atoms with Gasteiger partial charge in [-0.3, -0.25) is 4.79 Å². The van der Waals surface area contributed by atoms with Crippen molar-refractivity contribution >= 4 is 5.91 Å². The highest BCUT2D eigenvalue weighted by Gasteiger charge is 2.27. The molecule has 0 aromatic rings. The molecule has 3 heteroatoms. The molecule has 1 heterocycles. The number of rotatable bonds is 2. The molecule has 2 aliphatic rings. The van der Waals surface area contributed by atoms with Crippen LogP contribution in [0.1, 0.15) is 32.1 Å². The monoisotopic (exact) mass is 168 g/mol. The van der Waals surface area contributed by atoms with Gasteiger partial charge in [-0.25, -0.2) is 0 Å². The van der Waals surface area contributed by atoms with Gasteiger partial charge in [-0.1, -0.05) is 6.42 Å². The third-order valence-corrected chi connectivity index (χ3v) is 2.55. The summed E-state index contributed by atoms with van der Waals surface area (Å²) in [7, 11) is 0. The molecule has 1 saturated heterocycles. The Kier molecular flexibility index (Phi) is 2.30. The Morgan fingerprint density at radius 1 is 1.25 bits per heavy atom. The van der Waals surface area contributed by atoms with E-state index in [1.807, 2.05) is 0 Å². The minimum atomic E-state index is 0.0966. The predicted molar refractivity (Wildman–Crippen MR) is 46.8 cm³/mol. The number of carbonyl (C=O) groups is 1. The molecule has 2 fully saturated rings. The van der Waals surface area contributed by atoms with Gasteiger partial charge in [0.1, 0.15) is 0 Å². The van der Waals surface area contributed by atoms with Crippen LogP contribution in [0, 0.1) is 0 Å². The van der Waals surface area contributed by atoms with Crippen LogP contribution in [0.15, 0.2) is 0 Å². The first-order valence-electron chi connectivity index (χ1n) is 4.90. The molecule has 1 atom stereocenters. The van der Waals surface area contributed by atoms with Crippen molar-refractivity contribution in [2.75, 3.05) is 6.54 Å². The smallest absolute Gasteiger partial charge is 0.237 e. The van der Waals surface area contributed by atoms with Gasteiger partial charge in [0, 0.05) is 6.04 Å². The number of nitrogens with one attached hydrogen (secondary N) is 2. The first kappa shape index (κ1) is 8.05. The van der Waals surface area contributed by atoms with Crippen LogP contribution in [-0.4, -0.2) is 24.5 Å². The third kappa shape index (κ3) is 1.97. The van der Waals surface area contributed by atoms with Crippen molar-refractivity contribution in [3.8, 4) is 0 Å². The quantitative estimate of drug-likeness (QED) is 0.627. The zero-order chi connectivity index (χ0) is 8.39. The average Bonchev–Trinajstić information content (AvgIpc) is 2.90. The largest absolute Gasteiger partial charge is 0.352 e. The normalized spacial score (nSPS) is 29.8. The Hall–Kier alpha value is -0.570. The lowest BCUT2D eigenvalue weighted by Crippen LogP contribution is -2.47. The topological polar surface area (TPSA) is 41.1 Å². The predicted octanol–water partition coefficient (Wildman–Crippen LogP) is 0.407. The first-order chi connectivity index (χ1) is 5.86. The molecule has 0 aromatic carbocycles. The van der Waals surface area contributed by atoms with Crippen LogP contribution >= 0.6 is 0 Å². The first-order valence-corrected chi connectivity index (χ1v) is 4.90. The fraction of sp³-hybridized carbons (Fsp3) is 0.889. The zero-order valence-electron chi connectivity index (χ0n) is 7.31. The molecular formula is C9H16N2O. The molecule has 1 amide bonds. The SMILES string of the molecule is O=C(NC1CC1)[C@@H]1CCCCN1. The molecule has 0 radical (unpaired) electrons. The molecule has 1 saturated carbocycles. The van der Waals surface area contributed by atoms with Crippen LogP contribution < -0.4 is 10.6 Å². The molecule has 12 heavy (non-hydrogen) atoms. The highest BCUT2D eigenvalue weighted by Crippen LogP contribution is 2.19. The lowest BCUT2D eigenvalue weighted by Gasteiger charge is -2.22. The van der Waals surface area contributed by atoms with Gasteiger partial charge in [0.2, 0.25) is 5.91 Å². The number of amides is 1. The number of carbonyl (C=O) groups excluding carboxylic acids is 1. The fourth-order valence-electron chi connectivity index (χ4n) is 1.61. The number of hydrogen-bond acceptors (Lipinski definition) is 2. The van der Waals surface area contributed by atoms with Gasteiger partial charge in [0.25, 0.3) is 0 Å². The van der Waals surface area contributed by atoms with E-state index in [2.05, 4.69) is 10.6 Å². The van der Waals surface area contributed by atoms with Crippen molar-refractivity contribution in [3.05, 3.63) is 0 Å². The summed E-state index contributed by atoms with van der Waals surface area (Å²) in [6, 6.07) is 0.598. The van der Waals surface area contributed by atoms with E-state index < -0.39 is 0 Å². The van der Waals surface area contributed by atoms with Gasteiger partial charge in [-0.2, -0.15) is 0 Å². The van der Waals surface area contributed by atoms with Gasteiger partial charge in [-0.05, 0) is 32.2 Å². The van der Waals surface area contributed by atoms with Crippen LogP contribution in [0.4, 0.5) is 0 Å².